The molecule has 0 unspecified atom stereocenters. The van der Waals surface area contributed by atoms with Crippen molar-refractivity contribution in [3.63, 3.8) is 0 Å². The molecule has 0 aliphatic heterocycles. The number of hydrogen-bond acceptors (Lipinski definition) is 3. The molecule has 2 aromatic rings. The van der Waals surface area contributed by atoms with E-state index in [0.29, 0.717) is 0 Å². The van der Waals surface area contributed by atoms with Crippen molar-refractivity contribution in [1.29, 1.82) is 0 Å². The van der Waals surface area contributed by atoms with E-state index in [4.69, 9.17) is 15.2 Å². The maximum atomic E-state index is 6.00. The van der Waals surface area contributed by atoms with E-state index in [1.807, 2.05) is 48.5 Å². The maximum Gasteiger partial charge on any atom is 0.127 e. The van der Waals surface area contributed by atoms with Crippen molar-refractivity contribution in [1.82, 2.24) is 0 Å². The van der Waals surface area contributed by atoms with Crippen LogP contribution in [0.2, 0.25) is 0 Å². The van der Waals surface area contributed by atoms with Gasteiger partial charge in [0.25, 0.3) is 0 Å². The fraction of sp³-hybridized carbons (Fsp3) is 0.333. The molecule has 3 heteroatoms. The Labute approximate surface area is 126 Å². The molecule has 0 saturated heterocycles. The van der Waals surface area contributed by atoms with Gasteiger partial charge in [-0.25, -0.2) is 0 Å². The van der Waals surface area contributed by atoms with Crippen molar-refractivity contribution < 1.29 is 9.47 Å². The first kappa shape index (κ1) is 15.4. The number of hydrogen-bond donors (Lipinski definition) is 1. The predicted octanol–water partition coefficient (Wildman–Crippen LogP) is 4.68. The standard InChI is InChI=1S/C18H23NO2/c1-3-13-20-15-9-11-17(12-10-15)21-16-7-5-14(6-8-16)18(19)4-2/h5-12,18H,3-4,13,19H2,1-2H3/t18-/m1/s1. The van der Waals surface area contributed by atoms with E-state index in [9.17, 15) is 0 Å². The highest BCUT2D eigenvalue weighted by molar-refractivity contribution is 5.36. The Morgan fingerprint density at radius 3 is 1.90 bits per heavy atom. The number of rotatable bonds is 7. The van der Waals surface area contributed by atoms with Gasteiger partial charge in [-0.3, -0.25) is 0 Å². The highest BCUT2D eigenvalue weighted by atomic mass is 16.5. The first-order valence-electron chi connectivity index (χ1n) is 7.49. The largest absolute Gasteiger partial charge is 0.494 e. The molecule has 2 N–H and O–H groups in total. The Balaban J connectivity index is 1.97. The summed E-state index contributed by atoms with van der Waals surface area (Å²) in [4.78, 5) is 0. The van der Waals surface area contributed by atoms with Crippen LogP contribution < -0.4 is 15.2 Å². The van der Waals surface area contributed by atoms with Gasteiger partial charge in [0.1, 0.15) is 17.2 Å². The first-order valence-corrected chi connectivity index (χ1v) is 7.49. The lowest BCUT2D eigenvalue weighted by Gasteiger charge is -2.11. The van der Waals surface area contributed by atoms with Crippen LogP contribution in [0.15, 0.2) is 48.5 Å². The molecule has 0 aliphatic rings. The smallest absolute Gasteiger partial charge is 0.127 e. The lowest BCUT2D eigenvalue weighted by molar-refractivity contribution is 0.317. The lowest BCUT2D eigenvalue weighted by Crippen LogP contribution is -2.07. The lowest BCUT2D eigenvalue weighted by atomic mass is 10.1. The van der Waals surface area contributed by atoms with Crippen LogP contribution in [0, 0.1) is 0 Å². The minimum Gasteiger partial charge on any atom is -0.494 e. The third-order valence-electron chi connectivity index (χ3n) is 3.28. The third-order valence-corrected chi connectivity index (χ3v) is 3.28. The second kappa shape index (κ2) is 7.70. The molecular weight excluding hydrogens is 262 g/mol. The summed E-state index contributed by atoms with van der Waals surface area (Å²) in [6.07, 6.45) is 1.93. The second-order valence-electron chi connectivity index (χ2n) is 5.01. The highest BCUT2D eigenvalue weighted by Crippen LogP contribution is 2.25. The maximum absolute atomic E-state index is 6.00. The Bertz CT molecular complexity index is 534. The van der Waals surface area contributed by atoms with Crippen LogP contribution in [0.4, 0.5) is 0 Å². The van der Waals surface area contributed by atoms with E-state index in [1.54, 1.807) is 0 Å². The monoisotopic (exact) mass is 285 g/mol. The molecule has 0 spiro atoms. The van der Waals surface area contributed by atoms with Crippen LogP contribution in [0.5, 0.6) is 17.2 Å². The Morgan fingerprint density at radius 1 is 0.857 bits per heavy atom. The van der Waals surface area contributed by atoms with E-state index < -0.39 is 0 Å². The zero-order valence-corrected chi connectivity index (χ0v) is 12.7. The predicted molar refractivity (Wildman–Crippen MR) is 86.0 cm³/mol. The molecule has 1 atom stereocenters. The molecule has 3 nitrogen and oxygen atoms in total. The molecule has 0 aliphatic carbocycles. The summed E-state index contributed by atoms with van der Waals surface area (Å²) in [5.41, 5.74) is 7.13. The fourth-order valence-corrected chi connectivity index (χ4v) is 1.98. The molecule has 112 valence electrons. The minimum atomic E-state index is 0.0917. The average molecular weight is 285 g/mol. The quantitative estimate of drug-likeness (QED) is 0.803. The summed E-state index contributed by atoms with van der Waals surface area (Å²) < 4.78 is 11.4. The van der Waals surface area contributed by atoms with E-state index >= 15 is 0 Å². The molecule has 0 fully saturated rings. The van der Waals surface area contributed by atoms with Gasteiger partial charge in [0, 0.05) is 6.04 Å². The molecule has 0 saturated carbocycles. The summed E-state index contributed by atoms with van der Waals surface area (Å²) in [6.45, 7) is 4.90. The molecule has 0 radical (unpaired) electrons. The molecular formula is C18H23NO2. The van der Waals surface area contributed by atoms with Gasteiger partial charge < -0.3 is 15.2 Å². The summed E-state index contributed by atoms with van der Waals surface area (Å²) in [7, 11) is 0. The molecule has 2 rings (SSSR count). The van der Waals surface area contributed by atoms with Crippen molar-refractivity contribution >= 4 is 0 Å². The van der Waals surface area contributed by atoms with Gasteiger partial charge in [-0.1, -0.05) is 26.0 Å². The Hall–Kier alpha value is -2.00. The van der Waals surface area contributed by atoms with Crippen molar-refractivity contribution in [2.45, 2.75) is 32.7 Å². The highest BCUT2D eigenvalue weighted by Gasteiger charge is 2.04. The van der Waals surface area contributed by atoms with Gasteiger partial charge >= 0.3 is 0 Å². The van der Waals surface area contributed by atoms with Gasteiger partial charge in [0.15, 0.2) is 0 Å². The van der Waals surface area contributed by atoms with Gasteiger partial charge in [-0.2, -0.15) is 0 Å². The summed E-state index contributed by atoms with van der Waals surface area (Å²) >= 11 is 0. The van der Waals surface area contributed by atoms with Gasteiger partial charge in [0.05, 0.1) is 6.61 Å². The van der Waals surface area contributed by atoms with Crippen LogP contribution >= 0.6 is 0 Å². The molecule has 0 heterocycles. The molecule has 21 heavy (non-hydrogen) atoms. The fourth-order valence-electron chi connectivity index (χ4n) is 1.98. The minimum absolute atomic E-state index is 0.0917. The van der Waals surface area contributed by atoms with Crippen LogP contribution in [-0.2, 0) is 0 Å². The summed E-state index contributed by atoms with van der Waals surface area (Å²) in [5.74, 6) is 2.48. The summed E-state index contributed by atoms with van der Waals surface area (Å²) in [6, 6.07) is 15.7. The van der Waals surface area contributed by atoms with Crippen LogP contribution in [0.25, 0.3) is 0 Å². The van der Waals surface area contributed by atoms with Crippen molar-refractivity contribution in [2.24, 2.45) is 5.73 Å². The molecule has 0 amide bonds. The number of ether oxygens (including phenoxy) is 2. The second-order valence-corrected chi connectivity index (χ2v) is 5.01. The van der Waals surface area contributed by atoms with Gasteiger partial charge in [-0.15, -0.1) is 0 Å². The van der Waals surface area contributed by atoms with E-state index in [0.717, 1.165) is 42.3 Å². The Morgan fingerprint density at radius 2 is 1.38 bits per heavy atom. The van der Waals surface area contributed by atoms with Crippen LogP contribution in [0.3, 0.4) is 0 Å². The van der Waals surface area contributed by atoms with Crippen molar-refractivity contribution in [2.75, 3.05) is 6.61 Å². The van der Waals surface area contributed by atoms with Crippen molar-refractivity contribution in [3.05, 3.63) is 54.1 Å². The SMILES string of the molecule is CCCOc1ccc(Oc2ccc([C@H](N)CC)cc2)cc1. The summed E-state index contributed by atoms with van der Waals surface area (Å²) in [5, 5.41) is 0. The zero-order chi connectivity index (χ0) is 15.1. The van der Waals surface area contributed by atoms with Crippen molar-refractivity contribution in [3.8, 4) is 17.2 Å². The molecule has 2 aromatic carbocycles. The number of nitrogens with two attached hydrogens (primary N) is 1. The number of benzene rings is 2. The van der Waals surface area contributed by atoms with E-state index in [1.165, 1.54) is 0 Å². The average Bonchev–Trinajstić information content (AvgIpc) is 2.54. The van der Waals surface area contributed by atoms with E-state index in [-0.39, 0.29) is 6.04 Å². The topological polar surface area (TPSA) is 44.5 Å². The third kappa shape index (κ3) is 4.50. The molecule has 0 aromatic heterocycles. The van der Waals surface area contributed by atoms with Gasteiger partial charge in [-0.05, 0) is 54.8 Å². The zero-order valence-electron chi connectivity index (χ0n) is 12.7. The van der Waals surface area contributed by atoms with E-state index in [2.05, 4.69) is 13.8 Å². The van der Waals surface area contributed by atoms with Crippen LogP contribution in [0.1, 0.15) is 38.3 Å². The molecule has 0 bridgehead atoms. The van der Waals surface area contributed by atoms with Gasteiger partial charge in [0.2, 0.25) is 0 Å². The normalized spacial score (nSPS) is 12.0. The first-order chi connectivity index (χ1) is 10.2. The Kier molecular flexibility index (Phi) is 5.64. The van der Waals surface area contributed by atoms with Crippen LogP contribution in [-0.4, -0.2) is 6.61 Å².